The predicted octanol–water partition coefficient (Wildman–Crippen LogP) is 3.20. The first-order valence-electron chi connectivity index (χ1n) is 6.48. The van der Waals surface area contributed by atoms with E-state index in [0.717, 1.165) is 16.7 Å². The van der Waals surface area contributed by atoms with Crippen molar-refractivity contribution in [2.75, 3.05) is 5.73 Å². The molecule has 1 saturated carbocycles. The molecule has 3 nitrogen and oxygen atoms in total. The second-order valence-electron chi connectivity index (χ2n) is 5.08. The molecule has 0 saturated heterocycles. The SMILES string of the molecule is Cn1c(C2CCCCC2)nc2c(N)cccc21. The highest BCUT2D eigenvalue weighted by molar-refractivity contribution is 5.87. The molecule has 0 bridgehead atoms. The fourth-order valence-electron chi connectivity index (χ4n) is 2.98. The molecule has 0 radical (unpaired) electrons. The summed E-state index contributed by atoms with van der Waals surface area (Å²) in [6.45, 7) is 0. The number of aromatic nitrogens is 2. The molecule has 0 unspecified atom stereocenters. The minimum Gasteiger partial charge on any atom is -0.397 e. The molecule has 0 aliphatic heterocycles. The molecule has 1 aliphatic carbocycles. The topological polar surface area (TPSA) is 43.8 Å². The van der Waals surface area contributed by atoms with Crippen LogP contribution in [0.4, 0.5) is 5.69 Å². The predicted molar refractivity (Wildman–Crippen MR) is 71.0 cm³/mol. The molecular weight excluding hydrogens is 210 g/mol. The number of rotatable bonds is 1. The van der Waals surface area contributed by atoms with Gasteiger partial charge in [0, 0.05) is 13.0 Å². The average molecular weight is 229 g/mol. The second kappa shape index (κ2) is 4.06. The zero-order valence-corrected chi connectivity index (χ0v) is 10.3. The van der Waals surface area contributed by atoms with Gasteiger partial charge in [-0.15, -0.1) is 0 Å². The summed E-state index contributed by atoms with van der Waals surface area (Å²) in [5.41, 5.74) is 8.91. The van der Waals surface area contributed by atoms with Crippen LogP contribution in [0.3, 0.4) is 0 Å². The maximum atomic E-state index is 5.99. The fourth-order valence-corrected chi connectivity index (χ4v) is 2.98. The first-order chi connectivity index (χ1) is 8.27. The van der Waals surface area contributed by atoms with Crippen LogP contribution < -0.4 is 5.73 Å². The van der Waals surface area contributed by atoms with E-state index < -0.39 is 0 Å². The third kappa shape index (κ3) is 1.70. The minimum atomic E-state index is 0.626. The highest BCUT2D eigenvalue weighted by atomic mass is 15.1. The normalized spacial score (nSPS) is 17.7. The van der Waals surface area contributed by atoms with Gasteiger partial charge in [0.25, 0.3) is 0 Å². The lowest BCUT2D eigenvalue weighted by Gasteiger charge is -2.20. The van der Waals surface area contributed by atoms with E-state index in [-0.39, 0.29) is 0 Å². The molecule has 0 spiro atoms. The van der Waals surface area contributed by atoms with Crippen LogP contribution in [0.15, 0.2) is 18.2 Å². The fraction of sp³-hybridized carbons (Fsp3) is 0.500. The third-order valence-corrected chi connectivity index (χ3v) is 3.95. The van der Waals surface area contributed by atoms with Crippen molar-refractivity contribution in [1.29, 1.82) is 0 Å². The third-order valence-electron chi connectivity index (χ3n) is 3.95. The van der Waals surface area contributed by atoms with Crippen LogP contribution in [0, 0.1) is 0 Å². The number of aryl methyl sites for hydroxylation is 1. The number of nitrogens with zero attached hydrogens (tertiary/aromatic N) is 2. The lowest BCUT2D eigenvalue weighted by molar-refractivity contribution is 0.423. The quantitative estimate of drug-likeness (QED) is 0.763. The Kier molecular flexibility index (Phi) is 2.54. The van der Waals surface area contributed by atoms with E-state index in [1.165, 1.54) is 37.9 Å². The van der Waals surface area contributed by atoms with E-state index in [1.807, 2.05) is 12.1 Å². The van der Waals surface area contributed by atoms with Crippen molar-refractivity contribution in [2.45, 2.75) is 38.0 Å². The van der Waals surface area contributed by atoms with E-state index in [0.29, 0.717) is 5.92 Å². The van der Waals surface area contributed by atoms with Crippen molar-refractivity contribution in [3.8, 4) is 0 Å². The zero-order valence-electron chi connectivity index (χ0n) is 10.3. The minimum absolute atomic E-state index is 0.626. The van der Waals surface area contributed by atoms with Crippen LogP contribution in [0.2, 0.25) is 0 Å². The lowest BCUT2D eigenvalue weighted by atomic mass is 9.89. The first-order valence-corrected chi connectivity index (χ1v) is 6.48. The summed E-state index contributed by atoms with van der Waals surface area (Å²) in [6.07, 6.45) is 6.60. The van der Waals surface area contributed by atoms with Gasteiger partial charge in [-0.2, -0.15) is 0 Å². The van der Waals surface area contributed by atoms with Crippen LogP contribution >= 0.6 is 0 Å². The summed E-state index contributed by atoms with van der Waals surface area (Å²) >= 11 is 0. The number of benzene rings is 1. The van der Waals surface area contributed by atoms with Crippen molar-refractivity contribution in [3.63, 3.8) is 0 Å². The van der Waals surface area contributed by atoms with Crippen molar-refractivity contribution in [2.24, 2.45) is 7.05 Å². The summed E-state index contributed by atoms with van der Waals surface area (Å²) in [5, 5.41) is 0. The number of hydrogen-bond acceptors (Lipinski definition) is 2. The van der Waals surface area contributed by atoms with Crippen LogP contribution in [-0.4, -0.2) is 9.55 Å². The van der Waals surface area contributed by atoms with E-state index in [4.69, 9.17) is 10.7 Å². The monoisotopic (exact) mass is 229 g/mol. The van der Waals surface area contributed by atoms with Crippen molar-refractivity contribution in [1.82, 2.24) is 9.55 Å². The summed E-state index contributed by atoms with van der Waals surface area (Å²) in [4.78, 5) is 4.77. The van der Waals surface area contributed by atoms with Gasteiger partial charge in [0.05, 0.1) is 11.2 Å². The Labute approximate surface area is 102 Å². The van der Waals surface area contributed by atoms with Crippen molar-refractivity contribution < 1.29 is 0 Å². The number of hydrogen-bond donors (Lipinski definition) is 1. The summed E-state index contributed by atoms with van der Waals surface area (Å²) in [5.74, 6) is 1.85. The van der Waals surface area contributed by atoms with Gasteiger partial charge < -0.3 is 10.3 Å². The molecule has 3 rings (SSSR count). The highest BCUT2D eigenvalue weighted by Crippen LogP contribution is 2.34. The van der Waals surface area contributed by atoms with Gasteiger partial charge in [-0.3, -0.25) is 0 Å². The van der Waals surface area contributed by atoms with E-state index in [2.05, 4.69) is 17.7 Å². The summed E-state index contributed by atoms with van der Waals surface area (Å²) in [7, 11) is 2.11. The van der Waals surface area contributed by atoms with Crippen molar-refractivity contribution >= 4 is 16.7 Å². The van der Waals surface area contributed by atoms with Crippen LogP contribution in [0.25, 0.3) is 11.0 Å². The molecule has 2 N–H and O–H groups in total. The first kappa shape index (κ1) is 10.6. The molecule has 2 aromatic rings. The maximum Gasteiger partial charge on any atom is 0.112 e. The molecule has 17 heavy (non-hydrogen) atoms. The Balaban J connectivity index is 2.10. The van der Waals surface area contributed by atoms with E-state index in [1.54, 1.807) is 0 Å². The van der Waals surface area contributed by atoms with E-state index >= 15 is 0 Å². The van der Waals surface area contributed by atoms with E-state index in [9.17, 15) is 0 Å². The Morgan fingerprint density at radius 3 is 2.71 bits per heavy atom. The number of fused-ring (bicyclic) bond motifs is 1. The average Bonchev–Trinajstić information content (AvgIpc) is 2.70. The Hall–Kier alpha value is -1.51. The number of imidazole rings is 1. The van der Waals surface area contributed by atoms with Crippen LogP contribution in [0.5, 0.6) is 0 Å². The van der Waals surface area contributed by atoms with Gasteiger partial charge >= 0.3 is 0 Å². The van der Waals surface area contributed by atoms with Gasteiger partial charge in [-0.1, -0.05) is 25.3 Å². The number of para-hydroxylation sites is 1. The van der Waals surface area contributed by atoms with Crippen LogP contribution in [-0.2, 0) is 7.05 Å². The van der Waals surface area contributed by atoms with Crippen molar-refractivity contribution in [3.05, 3.63) is 24.0 Å². The number of nitrogen functional groups attached to an aromatic ring is 1. The Morgan fingerprint density at radius 1 is 1.24 bits per heavy atom. The lowest BCUT2D eigenvalue weighted by Crippen LogP contribution is -2.09. The van der Waals surface area contributed by atoms with Crippen LogP contribution in [0.1, 0.15) is 43.8 Å². The summed E-state index contributed by atoms with van der Waals surface area (Å²) in [6, 6.07) is 6.04. The largest absolute Gasteiger partial charge is 0.397 e. The van der Waals surface area contributed by atoms with Gasteiger partial charge in [-0.25, -0.2) is 4.98 Å². The molecule has 1 fully saturated rings. The molecule has 1 heterocycles. The van der Waals surface area contributed by atoms with Gasteiger partial charge in [0.15, 0.2) is 0 Å². The Morgan fingerprint density at radius 2 is 2.00 bits per heavy atom. The maximum absolute atomic E-state index is 5.99. The van der Waals surface area contributed by atoms with Gasteiger partial charge in [0.1, 0.15) is 11.3 Å². The second-order valence-corrected chi connectivity index (χ2v) is 5.08. The highest BCUT2D eigenvalue weighted by Gasteiger charge is 2.21. The molecular formula is C14H19N3. The molecule has 3 heteroatoms. The Bertz CT molecular complexity index is 536. The molecule has 0 atom stereocenters. The zero-order chi connectivity index (χ0) is 11.8. The molecule has 90 valence electrons. The number of nitrogens with two attached hydrogens (primary N) is 1. The van der Waals surface area contributed by atoms with Gasteiger partial charge in [-0.05, 0) is 25.0 Å². The number of anilines is 1. The molecule has 1 aliphatic rings. The molecule has 1 aromatic heterocycles. The molecule has 0 amide bonds. The summed E-state index contributed by atoms with van der Waals surface area (Å²) < 4.78 is 2.22. The smallest absolute Gasteiger partial charge is 0.112 e. The van der Waals surface area contributed by atoms with Gasteiger partial charge in [0.2, 0.25) is 0 Å². The standard InChI is InChI=1S/C14H19N3/c1-17-12-9-5-8-11(15)13(12)16-14(17)10-6-3-2-4-7-10/h5,8-10H,2-4,6-7,15H2,1H3. The molecule has 1 aromatic carbocycles.